The number of fused-ring (bicyclic) bond motifs is 4. The van der Waals surface area contributed by atoms with Gasteiger partial charge in [-0.05, 0) is 50.0 Å². The highest BCUT2D eigenvalue weighted by Crippen LogP contribution is 2.28. The number of aryl methyl sites for hydroxylation is 1. The molecule has 5 rings (SSSR count). The molecule has 3 aliphatic rings. The van der Waals surface area contributed by atoms with E-state index in [9.17, 15) is 4.79 Å². The lowest BCUT2D eigenvalue weighted by Gasteiger charge is -2.44. The average molecular weight is 283 g/mol. The Morgan fingerprint density at radius 2 is 2.05 bits per heavy atom. The SMILES string of the molecule is Cn1ccc2c(C(=O)NC3CN4CCC3CC4)cccc21. The Morgan fingerprint density at radius 3 is 2.76 bits per heavy atom. The molecule has 1 unspecified atom stereocenters. The minimum absolute atomic E-state index is 0.0746. The van der Waals surface area contributed by atoms with Gasteiger partial charge in [0.15, 0.2) is 0 Å². The molecule has 0 saturated carbocycles. The van der Waals surface area contributed by atoms with Gasteiger partial charge in [0.05, 0.1) is 0 Å². The van der Waals surface area contributed by atoms with Crippen molar-refractivity contribution in [2.24, 2.45) is 13.0 Å². The van der Waals surface area contributed by atoms with Crippen LogP contribution in [0.15, 0.2) is 30.5 Å². The number of rotatable bonds is 2. The molecule has 4 heteroatoms. The summed E-state index contributed by atoms with van der Waals surface area (Å²) in [7, 11) is 2.01. The molecule has 1 N–H and O–H groups in total. The monoisotopic (exact) mass is 283 g/mol. The van der Waals surface area contributed by atoms with Gasteiger partial charge in [-0.1, -0.05) is 6.07 Å². The van der Waals surface area contributed by atoms with E-state index in [2.05, 4.69) is 20.9 Å². The summed E-state index contributed by atoms with van der Waals surface area (Å²) in [5.41, 5.74) is 1.90. The molecule has 4 nitrogen and oxygen atoms in total. The van der Waals surface area contributed by atoms with Gasteiger partial charge < -0.3 is 14.8 Å². The molecule has 3 saturated heterocycles. The highest BCUT2D eigenvalue weighted by molar-refractivity contribution is 6.06. The van der Waals surface area contributed by atoms with Crippen molar-refractivity contribution in [1.29, 1.82) is 0 Å². The quantitative estimate of drug-likeness (QED) is 0.915. The van der Waals surface area contributed by atoms with Crippen LogP contribution in [0.25, 0.3) is 10.9 Å². The highest BCUT2D eigenvalue weighted by atomic mass is 16.1. The summed E-state index contributed by atoms with van der Waals surface area (Å²) in [5.74, 6) is 0.736. The smallest absolute Gasteiger partial charge is 0.252 e. The molecule has 0 aliphatic carbocycles. The van der Waals surface area contributed by atoms with Gasteiger partial charge in [0.25, 0.3) is 5.91 Å². The molecule has 3 fully saturated rings. The molecule has 1 aromatic carbocycles. The molecule has 1 aromatic heterocycles. The van der Waals surface area contributed by atoms with Crippen molar-refractivity contribution in [3.63, 3.8) is 0 Å². The molecular formula is C17H21N3O. The van der Waals surface area contributed by atoms with Crippen LogP contribution in [0.5, 0.6) is 0 Å². The zero-order valence-electron chi connectivity index (χ0n) is 12.4. The van der Waals surface area contributed by atoms with E-state index in [4.69, 9.17) is 0 Å². The fraction of sp³-hybridized carbons (Fsp3) is 0.471. The Labute approximate surface area is 124 Å². The van der Waals surface area contributed by atoms with E-state index in [0.717, 1.165) is 23.0 Å². The van der Waals surface area contributed by atoms with E-state index >= 15 is 0 Å². The van der Waals surface area contributed by atoms with E-state index < -0.39 is 0 Å². The lowest BCUT2D eigenvalue weighted by Crippen LogP contribution is -2.57. The Bertz CT molecular complexity index is 682. The Kier molecular flexibility index (Phi) is 3.00. The third-order valence-electron chi connectivity index (χ3n) is 5.15. The number of nitrogens with zero attached hydrogens (tertiary/aromatic N) is 2. The van der Waals surface area contributed by atoms with Crippen molar-refractivity contribution in [2.75, 3.05) is 19.6 Å². The zero-order chi connectivity index (χ0) is 14.4. The molecule has 1 atom stereocenters. The van der Waals surface area contributed by atoms with Crippen LogP contribution in [0.1, 0.15) is 23.2 Å². The van der Waals surface area contributed by atoms with Gasteiger partial charge in [0.2, 0.25) is 0 Å². The molecule has 2 aromatic rings. The van der Waals surface area contributed by atoms with Gasteiger partial charge in [0, 0.05) is 42.3 Å². The van der Waals surface area contributed by atoms with Gasteiger partial charge in [-0.15, -0.1) is 0 Å². The maximum absolute atomic E-state index is 12.7. The number of piperidine rings is 3. The van der Waals surface area contributed by atoms with Crippen molar-refractivity contribution < 1.29 is 4.79 Å². The second-order valence-corrected chi connectivity index (χ2v) is 6.38. The van der Waals surface area contributed by atoms with Crippen LogP contribution in [-0.4, -0.2) is 41.1 Å². The van der Waals surface area contributed by atoms with E-state index in [1.165, 1.54) is 25.9 Å². The van der Waals surface area contributed by atoms with Crippen LogP contribution in [0.3, 0.4) is 0 Å². The zero-order valence-corrected chi connectivity index (χ0v) is 12.4. The topological polar surface area (TPSA) is 37.3 Å². The maximum Gasteiger partial charge on any atom is 0.252 e. The first-order chi connectivity index (χ1) is 10.2. The number of carbonyl (C=O) groups is 1. The Morgan fingerprint density at radius 1 is 1.24 bits per heavy atom. The van der Waals surface area contributed by atoms with Gasteiger partial charge in [0.1, 0.15) is 0 Å². The van der Waals surface area contributed by atoms with Crippen LogP contribution in [0.2, 0.25) is 0 Å². The largest absolute Gasteiger partial charge is 0.351 e. The fourth-order valence-electron chi connectivity index (χ4n) is 3.88. The van der Waals surface area contributed by atoms with Gasteiger partial charge in [-0.25, -0.2) is 0 Å². The number of hydrogen-bond acceptors (Lipinski definition) is 2. The predicted octanol–water partition coefficient (Wildman–Crippen LogP) is 2.00. The normalized spacial score (nSPS) is 28.0. The summed E-state index contributed by atoms with van der Waals surface area (Å²) in [4.78, 5) is 15.1. The van der Waals surface area contributed by atoms with Gasteiger partial charge >= 0.3 is 0 Å². The number of hydrogen-bond donors (Lipinski definition) is 1. The second kappa shape index (κ2) is 4.88. The number of carbonyl (C=O) groups excluding carboxylic acids is 1. The minimum Gasteiger partial charge on any atom is -0.351 e. The highest BCUT2D eigenvalue weighted by Gasteiger charge is 2.35. The summed E-state index contributed by atoms with van der Waals surface area (Å²) < 4.78 is 2.06. The third-order valence-corrected chi connectivity index (χ3v) is 5.15. The van der Waals surface area contributed by atoms with Gasteiger partial charge in [-0.2, -0.15) is 0 Å². The van der Waals surface area contributed by atoms with E-state index in [-0.39, 0.29) is 5.91 Å². The van der Waals surface area contributed by atoms with Crippen LogP contribution in [0, 0.1) is 5.92 Å². The number of amides is 1. The molecule has 3 aliphatic heterocycles. The lowest BCUT2D eigenvalue weighted by molar-refractivity contribution is 0.0621. The summed E-state index contributed by atoms with van der Waals surface area (Å²) in [6.07, 6.45) is 4.46. The number of benzene rings is 1. The summed E-state index contributed by atoms with van der Waals surface area (Å²) in [6.45, 7) is 3.41. The molecule has 4 heterocycles. The van der Waals surface area contributed by atoms with E-state index in [1.54, 1.807) is 0 Å². The van der Waals surface area contributed by atoms with Crippen molar-refractivity contribution in [3.05, 3.63) is 36.0 Å². The lowest BCUT2D eigenvalue weighted by atomic mass is 9.84. The standard InChI is InChI=1S/C17H21N3O/c1-19-8-7-13-14(3-2-4-16(13)19)17(21)18-15-11-20-9-5-12(15)6-10-20/h2-4,7-8,12,15H,5-6,9-11H2,1H3,(H,18,21). The molecule has 110 valence electrons. The second-order valence-electron chi connectivity index (χ2n) is 6.38. The Hall–Kier alpha value is -1.81. The number of aromatic nitrogens is 1. The van der Waals surface area contributed by atoms with Crippen LogP contribution in [-0.2, 0) is 7.05 Å². The van der Waals surface area contributed by atoms with Crippen molar-refractivity contribution >= 4 is 16.8 Å². The number of nitrogens with one attached hydrogen (secondary N) is 1. The third kappa shape index (κ3) is 2.14. The van der Waals surface area contributed by atoms with Crippen LogP contribution < -0.4 is 5.32 Å². The first-order valence-electron chi connectivity index (χ1n) is 7.79. The first kappa shape index (κ1) is 12.9. The van der Waals surface area contributed by atoms with E-state index in [1.807, 2.05) is 31.4 Å². The van der Waals surface area contributed by atoms with Crippen molar-refractivity contribution in [1.82, 2.24) is 14.8 Å². The van der Waals surface area contributed by atoms with Crippen molar-refractivity contribution in [2.45, 2.75) is 18.9 Å². The van der Waals surface area contributed by atoms with Gasteiger partial charge in [-0.3, -0.25) is 4.79 Å². The first-order valence-corrected chi connectivity index (χ1v) is 7.79. The molecule has 2 bridgehead atoms. The van der Waals surface area contributed by atoms with Crippen LogP contribution in [0.4, 0.5) is 0 Å². The van der Waals surface area contributed by atoms with E-state index in [0.29, 0.717) is 12.0 Å². The summed E-state index contributed by atoms with van der Waals surface area (Å²) in [6, 6.07) is 8.30. The fourth-order valence-corrected chi connectivity index (χ4v) is 3.88. The van der Waals surface area contributed by atoms with Crippen molar-refractivity contribution in [3.8, 4) is 0 Å². The Balaban J connectivity index is 1.59. The summed E-state index contributed by atoms with van der Waals surface area (Å²) in [5, 5.41) is 4.32. The predicted molar refractivity (Wildman–Crippen MR) is 83.3 cm³/mol. The molecule has 0 spiro atoms. The molecule has 1 amide bonds. The van der Waals surface area contributed by atoms with Crippen LogP contribution >= 0.6 is 0 Å². The molecular weight excluding hydrogens is 262 g/mol. The maximum atomic E-state index is 12.7. The minimum atomic E-state index is 0.0746. The molecule has 0 radical (unpaired) electrons. The summed E-state index contributed by atoms with van der Waals surface area (Å²) >= 11 is 0. The average Bonchev–Trinajstić information content (AvgIpc) is 2.90. The molecule has 21 heavy (non-hydrogen) atoms.